The van der Waals surface area contributed by atoms with Crippen LogP contribution in [0.25, 0.3) is 0 Å². The first kappa shape index (κ1) is 22.5. The zero-order valence-electron chi connectivity index (χ0n) is 19.0. The number of rotatable bonds is 4. The lowest BCUT2D eigenvalue weighted by Gasteiger charge is -2.56. The van der Waals surface area contributed by atoms with Crippen molar-refractivity contribution in [2.45, 2.75) is 25.6 Å². The van der Waals surface area contributed by atoms with E-state index in [1.165, 1.54) is 0 Å². The lowest BCUT2D eigenvalue weighted by molar-refractivity contribution is -0.130. The molecule has 0 aromatic heterocycles. The molecule has 1 fully saturated rings. The SMILES string of the molecule is COc1ccc2c(c1)C1NC(=S)N(c3ccc(C)cc3)C(C)(O2)C1C(=O)Nc1ccc(Cl)cc1. The smallest absolute Gasteiger partial charge is 0.236 e. The number of hydrogen-bond donors (Lipinski definition) is 2. The highest BCUT2D eigenvalue weighted by Gasteiger charge is 2.59. The fourth-order valence-corrected chi connectivity index (χ4v) is 5.26. The minimum atomic E-state index is -1.08. The Morgan fingerprint density at radius 1 is 1.15 bits per heavy atom. The molecule has 2 aliphatic rings. The Hall–Kier alpha value is -3.29. The molecule has 2 heterocycles. The fraction of sp³-hybridized carbons (Fsp3) is 0.231. The van der Waals surface area contributed by atoms with Crippen LogP contribution in [0.4, 0.5) is 11.4 Å². The Morgan fingerprint density at radius 3 is 2.53 bits per heavy atom. The number of hydrogen-bond acceptors (Lipinski definition) is 4. The minimum Gasteiger partial charge on any atom is -0.497 e. The van der Waals surface area contributed by atoms with Crippen molar-refractivity contribution in [3.05, 3.63) is 82.9 Å². The zero-order valence-corrected chi connectivity index (χ0v) is 20.5. The summed E-state index contributed by atoms with van der Waals surface area (Å²) >= 11 is 11.8. The highest BCUT2D eigenvalue weighted by atomic mass is 35.5. The standard InChI is InChI=1S/C26H24ClN3O3S/c1-15-4-10-18(11-5-15)30-25(34)29-23-20-14-19(32-3)12-13-21(20)33-26(30,2)22(23)24(31)28-17-8-6-16(27)7-9-17/h4-14,22-23H,1-3H3,(H,28,31)(H,29,34). The molecule has 0 radical (unpaired) electrons. The third kappa shape index (κ3) is 3.75. The number of carbonyl (C=O) groups is 1. The molecule has 0 spiro atoms. The van der Waals surface area contributed by atoms with E-state index in [1.54, 1.807) is 31.4 Å². The maximum absolute atomic E-state index is 13.8. The number of thiocarbonyl (C=S) groups is 1. The molecule has 0 saturated carbocycles. The molecular formula is C26H24ClN3O3S. The molecule has 6 nitrogen and oxygen atoms in total. The Kier molecular flexibility index (Phi) is 5.62. The summed E-state index contributed by atoms with van der Waals surface area (Å²) < 4.78 is 12.0. The van der Waals surface area contributed by atoms with E-state index >= 15 is 0 Å². The van der Waals surface area contributed by atoms with Crippen LogP contribution in [-0.2, 0) is 4.79 Å². The van der Waals surface area contributed by atoms with Crippen molar-refractivity contribution in [1.82, 2.24) is 5.32 Å². The lowest BCUT2D eigenvalue weighted by Crippen LogP contribution is -2.72. The van der Waals surface area contributed by atoms with Crippen molar-refractivity contribution in [3.63, 3.8) is 0 Å². The van der Waals surface area contributed by atoms with Crippen LogP contribution in [0.15, 0.2) is 66.7 Å². The maximum atomic E-state index is 13.8. The van der Waals surface area contributed by atoms with E-state index in [9.17, 15) is 4.79 Å². The van der Waals surface area contributed by atoms with E-state index in [0.29, 0.717) is 27.3 Å². The summed E-state index contributed by atoms with van der Waals surface area (Å²) in [6.45, 7) is 3.93. The molecular weight excluding hydrogens is 470 g/mol. The number of aryl methyl sites for hydroxylation is 1. The largest absolute Gasteiger partial charge is 0.497 e. The summed E-state index contributed by atoms with van der Waals surface area (Å²) in [6, 6.07) is 20.2. The quantitative estimate of drug-likeness (QED) is 0.471. The van der Waals surface area contributed by atoms with Crippen molar-refractivity contribution in [2.75, 3.05) is 17.3 Å². The Morgan fingerprint density at radius 2 is 1.85 bits per heavy atom. The van der Waals surface area contributed by atoms with Gasteiger partial charge >= 0.3 is 0 Å². The summed E-state index contributed by atoms with van der Waals surface area (Å²) in [5.41, 5.74) is 2.35. The Labute approximate surface area is 208 Å². The van der Waals surface area contributed by atoms with Crippen LogP contribution in [0.2, 0.25) is 5.02 Å². The lowest BCUT2D eigenvalue weighted by atomic mass is 9.78. The van der Waals surface area contributed by atoms with Gasteiger partial charge in [-0.25, -0.2) is 0 Å². The first-order valence-corrected chi connectivity index (χ1v) is 11.7. The van der Waals surface area contributed by atoms with Gasteiger partial charge in [-0.05, 0) is 80.7 Å². The molecule has 34 heavy (non-hydrogen) atoms. The van der Waals surface area contributed by atoms with Gasteiger partial charge in [-0.15, -0.1) is 0 Å². The van der Waals surface area contributed by atoms with Gasteiger partial charge in [0.1, 0.15) is 17.4 Å². The summed E-state index contributed by atoms with van der Waals surface area (Å²) in [5.74, 6) is 0.513. The number of carbonyl (C=O) groups excluding carboxylic acids is 1. The molecule has 5 rings (SSSR count). The molecule has 3 unspecified atom stereocenters. The number of nitrogens with one attached hydrogen (secondary N) is 2. The maximum Gasteiger partial charge on any atom is 0.236 e. The van der Waals surface area contributed by atoms with Crippen molar-refractivity contribution >= 4 is 46.2 Å². The second-order valence-corrected chi connectivity index (χ2v) is 9.46. The topological polar surface area (TPSA) is 62.8 Å². The second kappa shape index (κ2) is 8.49. The number of amides is 1. The average molecular weight is 494 g/mol. The first-order chi connectivity index (χ1) is 16.3. The molecule has 8 heteroatoms. The van der Waals surface area contributed by atoms with Gasteiger partial charge in [0.15, 0.2) is 10.8 Å². The average Bonchev–Trinajstić information content (AvgIpc) is 2.81. The molecule has 174 valence electrons. The van der Waals surface area contributed by atoms with Crippen LogP contribution >= 0.6 is 23.8 Å². The normalized spacial score (nSPS) is 22.8. The predicted molar refractivity (Wildman–Crippen MR) is 138 cm³/mol. The van der Waals surface area contributed by atoms with Gasteiger partial charge in [0, 0.05) is 22.0 Å². The van der Waals surface area contributed by atoms with E-state index in [-0.39, 0.29) is 5.91 Å². The van der Waals surface area contributed by atoms with E-state index in [2.05, 4.69) is 10.6 Å². The number of benzene rings is 3. The van der Waals surface area contributed by atoms with E-state index in [4.69, 9.17) is 33.3 Å². The molecule has 1 amide bonds. The summed E-state index contributed by atoms with van der Waals surface area (Å²) in [6.07, 6.45) is 0. The van der Waals surface area contributed by atoms with Crippen LogP contribution in [0.1, 0.15) is 24.1 Å². The first-order valence-electron chi connectivity index (χ1n) is 10.9. The number of nitrogens with zero attached hydrogens (tertiary/aromatic N) is 1. The van der Waals surface area contributed by atoms with Crippen molar-refractivity contribution in [2.24, 2.45) is 5.92 Å². The number of methoxy groups -OCH3 is 1. The highest BCUT2D eigenvalue weighted by molar-refractivity contribution is 7.80. The van der Waals surface area contributed by atoms with E-state index in [0.717, 1.165) is 16.8 Å². The molecule has 2 N–H and O–H groups in total. The Bertz CT molecular complexity index is 1270. The molecule has 0 aliphatic carbocycles. The summed E-state index contributed by atoms with van der Waals surface area (Å²) in [5, 5.41) is 7.52. The van der Waals surface area contributed by atoms with Crippen molar-refractivity contribution in [3.8, 4) is 11.5 Å². The Balaban J connectivity index is 1.62. The molecule has 3 atom stereocenters. The number of fused-ring (bicyclic) bond motifs is 4. The van der Waals surface area contributed by atoms with Crippen molar-refractivity contribution in [1.29, 1.82) is 0 Å². The molecule has 2 aliphatic heterocycles. The molecule has 2 bridgehead atoms. The van der Waals surface area contributed by atoms with Crippen LogP contribution in [0.5, 0.6) is 11.5 Å². The second-order valence-electron chi connectivity index (χ2n) is 8.63. The molecule has 3 aromatic rings. The van der Waals surface area contributed by atoms with Gasteiger partial charge < -0.3 is 20.1 Å². The number of anilines is 2. The predicted octanol–water partition coefficient (Wildman–Crippen LogP) is 5.46. The van der Waals surface area contributed by atoms with Gasteiger partial charge in [-0.2, -0.15) is 0 Å². The third-order valence-electron chi connectivity index (χ3n) is 6.39. The van der Waals surface area contributed by atoms with Crippen LogP contribution < -0.4 is 25.0 Å². The van der Waals surface area contributed by atoms with Gasteiger partial charge in [-0.3, -0.25) is 9.69 Å². The number of ether oxygens (including phenoxy) is 2. The van der Waals surface area contributed by atoms with Crippen LogP contribution in [0, 0.1) is 12.8 Å². The summed E-state index contributed by atoms with van der Waals surface area (Å²) in [4.78, 5) is 15.7. The molecule has 3 aromatic carbocycles. The van der Waals surface area contributed by atoms with Gasteiger partial charge in [0.2, 0.25) is 5.91 Å². The zero-order chi connectivity index (χ0) is 24.0. The van der Waals surface area contributed by atoms with Crippen molar-refractivity contribution < 1.29 is 14.3 Å². The highest BCUT2D eigenvalue weighted by Crippen LogP contribution is 2.50. The fourth-order valence-electron chi connectivity index (χ4n) is 4.72. The van der Waals surface area contributed by atoms with Gasteiger partial charge in [0.05, 0.1) is 13.2 Å². The van der Waals surface area contributed by atoms with Crippen LogP contribution in [0.3, 0.4) is 0 Å². The van der Waals surface area contributed by atoms with Gasteiger partial charge in [0.25, 0.3) is 0 Å². The van der Waals surface area contributed by atoms with Crippen LogP contribution in [-0.4, -0.2) is 23.9 Å². The third-order valence-corrected chi connectivity index (χ3v) is 6.94. The minimum absolute atomic E-state index is 0.199. The number of halogens is 1. The monoisotopic (exact) mass is 493 g/mol. The van der Waals surface area contributed by atoms with E-state index < -0.39 is 17.7 Å². The van der Waals surface area contributed by atoms with Gasteiger partial charge in [-0.1, -0.05) is 29.3 Å². The molecule has 1 saturated heterocycles. The van der Waals surface area contributed by atoms with E-state index in [1.807, 2.05) is 61.2 Å². The summed E-state index contributed by atoms with van der Waals surface area (Å²) in [7, 11) is 1.61.